The summed E-state index contributed by atoms with van der Waals surface area (Å²) in [6, 6.07) is 39.9. The predicted molar refractivity (Wildman–Crippen MR) is 189 cm³/mol. The van der Waals surface area contributed by atoms with Gasteiger partial charge in [-0.3, -0.25) is 0 Å². The summed E-state index contributed by atoms with van der Waals surface area (Å²) in [6.07, 6.45) is -7.84. The normalized spacial score (nSPS) is 18.8. The Morgan fingerprint density at radius 1 is 0.519 bits per heavy atom. The predicted octanol–water partition coefficient (Wildman–Crippen LogP) is 6.07. The highest BCUT2D eigenvalue weighted by Crippen LogP contribution is 2.33. The summed E-state index contributed by atoms with van der Waals surface area (Å²) in [6.45, 7) is -0.546. The van der Waals surface area contributed by atoms with Gasteiger partial charge in [-0.05, 0) is 66.7 Å². The molecular formula is C42H30N2O10. The van der Waals surface area contributed by atoms with Crippen LogP contribution in [0.2, 0.25) is 0 Å². The largest absolute Gasteiger partial charge is 0.461 e. The molecule has 0 radical (unpaired) electrons. The van der Waals surface area contributed by atoms with Crippen LogP contribution in [0.25, 0.3) is 0 Å². The van der Waals surface area contributed by atoms with Crippen LogP contribution >= 0.6 is 0 Å². The minimum absolute atomic E-state index is 0.0151. The van der Waals surface area contributed by atoms with Crippen molar-refractivity contribution in [3.63, 3.8) is 0 Å². The van der Waals surface area contributed by atoms with E-state index in [1.165, 1.54) is 54.6 Å². The first-order valence-corrected chi connectivity index (χ1v) is 16.6. The molecule has 1 heterocycles. The van der Waals surface area contributed by atoms with E-state index in [1.54, 1.807) is 84.9 Å². The van der Waals surface area contributed by atoms with Gasteiger partial charge in [0.1, 0.15) is 30.6 Å². The van der Waals surface area contributed by atoms with Gasteiger partial charge in [-0.25, -0.2) is 19.2 Å². The average molecular weight is 723 g/mol. The molecule has 5 atom stereocenters. The van der Waals surface area contributed by atoms with Crippen LogP contribution in [0.4, 0.5) is 0 Å². The van der Waals surface area contributed by atoms with E-state index in [0.717, 1.165) is 0 Å². The smallest absolute Gasteiger partial charge is 0.338 e. The molecule has 1 aliphatic rings. The number of ether oxygens (including phenoxy) is 6. The van der Waals surface area contributed by atoms with Crippen molar-refractivity contribution in [1.82, 2.24) is 0 Å². The number of benzene rings is 5. The van der Waals surface area contributed by atoms with Crippen LogP contribution in [-0.2, 0) is 23.7 Å². The van der Waals surface area contributed by atoms with Crippen molar-refractivity contribution in [2.75, 3.05) is 6.61 Å². The van der Waals surface area contributed by atoms with Gasteiger partial charge in [0.05, 0.1) is 33.4 Å². The van der Waals surface area contributed by atoms with Crippen molar-refractivity contribution < 1.29 is 47.6 Å². The van der Waals surface area contributed by atoms with Gasteiger partial charge in [-0.2, -0.15) is 10.5 Å². The van der Waals surface area contributed by atoms with Gasteiger partial charge in [-0.1, -0.05) is 72.8 Å². The molecule has 5 aromatic carbocycles. The molecule has 1 saturated heterocycles. The maximum atomic E-state index is 13.8. The van der Waals surface area contributed by atoms with Crippen LogP contribution in [0.3, 0.4) is 0 Å². The number of carbonyl (C=O) groups is 4. The topological polar surface area (TPSA) is 171 Å². The van der Waals surface area contributed by atoms with E-state index in [4.69, 9.17) is 28.4 Å². The fraction of sp³-hybridized carbons (Fsp3) is 0.143. The van der Waals surface area contributed by atoms with Gasteiger partial charge in [0.15, 0.2) is 12.2 Å². The zero-order valence-corrected chi connectivity index (χ0v) is 28.3. The molecule has 0 spiro atoms. The van der Waals surface area contributed by atoms with E-state index in [2.05, 4.69) is 0 Å². The highest BCUT2D eigenvalue weighted by atomic mass is 16.7. The second-order valence-corrected chi connectivity index (χ2v) is 11.8. The Kier molecular flexibility index (Phi) is 11.7. The Balaban J connectivity index is 1.44. The number of carbonyl (C=O) groups excluding carboxylic acids is 4. The summed E-state index contributed by atoms with van der Waals surface area (Å²) >= 11 is 0. The summed E-state index contributed by atoms with van der Waals surface area (Å²) in [4.78, 5) is 54.2. The van der Waals surface area contributed by atoms with Crippen molar-refractivity contribution in [2.24, 2.45) is 0 Å². The minimum Gasteiger partial charge on any atom is -0.461 e. The molecule has 1 aliphatic heterocycles. The van der Waals surface area contributed by atoms with Crippen molar-refractivity contribution >= 4 is 23.9 Å². The standard InChI is InChI=1S/C42H30N2O10/c43-24-31-21-22-33(23-32(31)25-44)50-42-37(54-41(48)30-19-11-4-12-20-30)36(53-40(47)29-17-9-3-10-18-29)35(52-39(46)28-15-7-2-8-16-28)34(51-42)26-49-38(45)27-13-5-1-6-14-27/h1-23,34-37,42H,26H2/t34-,35-,36+,37-,42?/m1/s1. The first-order chi connectivity index (χ1) is 26.3. The second kappa shape index (κ2) is 17.3. The van der Waals surface area contributed by atoms with E-state index >= 15 is 0 Å². The average Bonchev–Trinajstić information content (AvgIpc) is 3.23. The van der Waals surface area contributed by atoms with Gasteiger partial charge in [-0.15, -0.1) is 0 Å². The van der Waals surface area contributed by atoms with Crippen LogP contribution in [0.5, 0.6) is 5.75 Å². The van der Waals surface area contributed by atoms with Crippen LogP contribution in [-0.4, -0.2) is 61.2 Å². The molecule has 0 amide bonds. The van der Waals surface area contributed by atoms with Crippen LogP contribution < -0.4 is 4.74 Å². The van der Waals surface area contributed by atoms with E-state index in [9.17, 15) is 29.7 Å². The number of nitriles is 2. The number of rotatable bonds is 11. The third-order valence-electron chi connectivity index (χ3n) is 8.22. The fourth-order valence-electron chi connectivity index (χ4n) is 5.54. The van der Waals surface area contributed by atoms with Gasteiger partial charge in [0.25, 0.3) is 0 Å². The van der Waals surface area contributed by atoms with Crippen molar-refractivity contribution in [3.05, 3.63) is 173 Å². The van der Waals surface area contributed by atoms with Gasteiger partial charge < -0.3 is 28.4 Å². The number of nitrogens with zero attached hydrogens (tertiary/aromatic N) is 2. The van der Waals surface area contributed by atoms with Crippen LogP contribution in [0.1, 0.15) is 52.6 Å². The van der Waals surface area contributed by atoms with Crippen LogP contribution in [0.15, 0.2) is 140 Å². The molecule has 0 saturated carbocycles. The van der Waals surface area contributed by atoms with E-state index in [-0.39, 0.29) is 39.1 Å². The first kappa shape index (κ1) is 36.5. The zero-order chi connectivity index (χ0) is 37.9. The number of esters is 4. The molecule has 0 N–H and O–H groups in total. The van der Waals surface area contributed by atoms with Crippen molar-refractivity contribution in [2.45, 2.75) is 30.7 Å². The van der Waals surface area contributed by atoms with Gasteiger partial charge in [0, 0.05) is 0 Å². The van der Waals surface area contributed by atoms with E-state index in [0.29, 0.717) is 0 Å². The third kappa shape index (κ3) is 8.77. The summed E-state index contributed by atoms with van der Waals surface area (Å²) in [5.74, 6) is -3.29. The summed E-state index contributed by atoms with van der Waals surface area (Å²) in [7, 11) is 0. The maximum absolute atomic E-state index is 13.8. The van der Waals surface area contributed by atoms with Crippen molar-refractivity contribution in [3.8, 4) is 17.9 Å². The molecule has 1 fully saturated rings. The van der Waals surface area contributed by atoms with Gasteiger partial charge in [0.2, 0.25) is 12.4 Å². The monoisotopic (exact) mass is 722 g/mol. The second-order valence-electron chi connectivity index (χ2n) is 11.8. The number of hydrogen-bond acceptors (Lipinski definition) is 12. The Labute approximate surface area is 309 Å². The molecule has 5 aromatic rings. The summed E-state index contributed by atoms with van der Waals surface area (Å²) < 4.78 is 36.2. The molecule has 12 heteroatoms. The molecule has 6 rings (SSSR count). The Morgan fingerprint density at radius 2 is 0.944 bits per heavy atom. The fourth-order valence-corrected chi connectivity index (χ4v) is 5.54. The highest BCUT2D eigenvalue weighted by Gasteiger charge is 2.54. The molecule has 1 unspecified atom stereocenters. The number of hydrogen-bond donors (Lipinski definition) is 0. The lowest BCUT2D eigenvalue weighted by molar-refractivity contribution is -0.275. The molecule has 268 valence electrons. The minimum atomic E-state index is -1.64. The molecular weight excluding hydrogens is 692 g/mol. The van der Waals surface area contributed by atoms with E-state index in [1.807, 2.05) is 12.1 Å². The Hall–Kier alpha value is -7.28. The quantitative estimate of drug-likeness (QED) is 0.114. The molecule has 0 bridgehead atoms. The third-order valence-corrected chi connectivity index (χ3v) is 8.22. The molecule has 12 nitrogen and oxygen atoms in total. The lowest BCUT2D eigenvalue weighted by Crippen LogP contribution is -2.63. The summed E-state index contributed by atoms with van der Waals surface area (Å²) in [5.41, 5.74) is 0.686. The van der Waals surface area contributed by atoms with Crippen LogP contribution in [0, 0.1) is 22.7 Å². The lowest BCUT2D eigenvalue weighted by atomic mass is 9.97. The maximum Gasteiger partial charge on any atom is 0.338 e. The molecule has 0 aromatic heterocycles. The molecule has 0 aliphatic carbocycles. The van der Waals surface area contributed by atoms with Crippen molar-refractivity contribution in [1.29, 1.82) is 10.5 Å². The SMILES string of the molecule is N#Cc1ccc(OC2O[C@H](COC(=O)c3ccccc3)[C@@H](OC(=O)c3ccccc3)[C@H](OC(=O)c3ccccc3)[C@H]2OC(=O)c2ccccc2)cc1C#N. The highest BCUT2D eigenvalue weighted by molar-refractivity contribution is 5.91. The lowest BCUT2D eigenvalue weighted by Gasteiger charge is -2.44. The van der Waals surface area contributed by atoms with Gasteiger partial charge >= 0.3 is 23.9 Å². The first-order valence-electron chi connectivity index (χ1n) is 16.6. The van der Waals surface area contributed by atoms with E-state index < -0.39 is 61.2 Å². The molecule has 54 heavy (non-hydrogen) atoms. The summed E-state index contributed by atoms with van der Waals surface area (Å²) in [5, 5.41) is 19.2. The Morgan fingerprint density at radius 3 is 1.41 bits per heavy atom. The zero-order valence-electron chi connectivity index (χ0n) is 28.3. The Bertz CT molecular complexity index is 2190.